The highest BCUT2D eigenvalue weighted by molar-refractivity contribution is 5.92. The Morgan fingerprint density at radius 3 is 2.76 bits per heavy atom. The molecule has 3 aromatic rings. The minimum atomic E-state index is 0.0579. The molecule has 0 radical (unpaired) electrons. The van der Waals surface area contributed by atoms with E-state index >= 15 is 0 Å². The second-order valence-electron chi connectivity index (χ2n) is 8.08. The minimum absolute atomic E-state index is 0.0579. The van der Waals surface area contributed by atoms with Gasteiger partial charge in [-0.1, -0.05) is 24.3 Å². The number of carbonyl (C=O) groups excluding carboxylic acids is 1. The molecule has 0 saturated carbocycles. The number of carbonyl (C=O) groups is 1. The van der Waals surface area contributed by atoms with Crippen LogP contribution in [0.4, 0.5) is 0 Å². The number of amides is 1. The van der Waals surface area contributed by atoms with Crippen molar-refractivity contribution in [1.82, 2.24) is 19.7 Å². The molecule has 4 rings (SSSR count). The first-order valence-electron chi connectivity index (χ1n) is 10.3. The number of aromatic nitrogens is 3. The van der Waals surface area contributed by atoms with Crippen molar-refractivity contribution in [2.45, 2.75) is 39.0 Å². The van der Waals surface area contributed by atoms with E-state index in [1.54, 1.807) is 16.9 Å². The number of likely N-dealkylation sites (tertiary alicyclic amines) is 1. The van der Waals surface area contributed by atoms with Crippen molar-refractivity contribution in [1.29, 1.82) is 0 Å². The van der Waals surface area contributed by atoms with Crippen LogP contribution in [0.1, 0.15) is 57.3 Å². The van der Waals surface area contributed by atoms with E-state index in [9.17, 15) is 4.79 Å². The third-order valence-corrected chi connectivity index (χ3v) is 5.86. The lowest BCUT2D eigenvalue weighted by Gasteiger charge is -2.32. The van der Waals surface area contributed by atoms with Gasteiger partial charge in [0.25, 0.3) is 5.91 Å². The number of piperidine rings is 1. The van der Waals surface area contributed by atoms with Crippen LogP contribution in [0, 0.1) is 13.8 Å². The number of aryl methyl sites for hydroxylation is 3. The van der Waals surface area contributed by atoms with Crippen LogP contribution in [-0.4, -0.2) is 38.7 Å². The maximum Gasteiger partial charge on any atom is 0.272 e. The number of nitrogens with zero attached hydrogens (tertiary/aromatic N) is 4. The summed E-state index contributed by atoms with van der Waals surface area (Å²) in [6, 6.07) is 14.7. The summed E-state index contributed by atoms with van der Waals surface area (Å²) in [5.74, 6) is 0.332. The lowest BCUT2D eigenvalue weighted by molar-refractivity contribution is 0.0694. The van der Waals surface area contributed by atoms with Crippen LogP contribution in [0.3, 0.4) is 0 Å². The molecule has 0 unspecified atom stereocenters. The first-order valence-corrected chi connectivity index (χ1v) is 10.3. The zero-order valence-electron chi connectivity index (χ0n) is 17.4. The summed E-state index contributed by atoms with van der Waals surface area (Å²) >= 11 is 0. The van der Waals surface area contributed by atoms with Gasteiger partial charge in [0.2, 0.25) is 0 Å². The van der Waals surface area contributed by atoms with Gasteiger partial charge in [0.15, 0.2) is 0 Å². The Hall–Kier alpha value is -2.95. The molecule has 1 aliphatic heterocycles. The zero-order chi connectivity index (χ0) is 20.4. The molecule has 0 spiro atoms. The first-order chi connectivity index (χ1) is 14.0. The van der Waals surface area contributed by atoms with Crippen LogP contribution in [0.25, 0.3) is 0 Å². The molecule has 29 heavy (non-hydrogen) atoms. The quantitative estimate of drug-likeness (QED) is 0.678. The molecule has 1 saturated heterocycles. The predicted molar refractivity (Wildman–Crippen MR) is 114 cm³/mol. The molecular weight excluding hydrogens is 360 g/mol. The SMILES string of the molecule is Cc1cc(Cc2ccccc2C)cc([C@@H]2CCCN(C(=O)c3ccnn3C)C2)n1. The lowest BCUT2D eigenvalue weighted by Crippen LogP contribution is -2.40. The maximum atomic E-state index is 12.9. The number of hydrogen-bond donors (Lipinski definition) is 0. The Bertz CT molecular complexity index is 1020. The molecule has 1 aliphatic rings. The molecule has 5 nitrogen and oxygen atoms in total. The van der Waals surface area contributed by atoms with Crippen LogP contribution in [-0.2, 0) is 13.5 Å². The van der Waals surface area contributed by atoms with Gasteiger partial charge in [-0.2, -0.15) is 5.10 Å². The summed E-state index contributed by atoms with van der Waals surface area (Å²) in [5.41, 5.74) is 6.74. The standard InChI is InChI=1S/C24H28N4O/c1-17-7-4-5-8-20(17)14-19-13-18(2)26-22(15-19)21-9-6-12-28(16-21)24(29)23-10-11-25-27(23)3/h4-5,7-8,10-11,13,15,21H,6,9,12,14,16H2,1-3H3/t21-/m1/s1. The first kappa shape index (κ1) is 19.4. The van der Waals surface area contributed by atoms with Crippen LogP contribution in [0.15, 0.2) is 48.7 Å². The van der Waals surface area contributed by atoms with Crippen molar-refractivity contribution in [3.05, 3.63) is 82.4 Å². The van der Waals surface area contributed by atoms with Crippen molar-refractivity contribution in [2.24, 2.45) is 7.05 Å². The van der Waals surface area contributed by atoms with Crippen LogP contribution in [0.2, 0.25) is 0 Å². The minimum Gasteiger partial charge on any atom is -0.337 e. The van der Waals surface area contributed by atoms with Crippen molar-refractivity contribution in [3.8, 4) is 0 Å². The predicted octanol–water partition coefficient (Wildman–Crippen LogP) is 4.04. The monoisotopic (exact) mass is 388 g/mol. The number of hydrogen-bond acceptors (Lipinski definition) is 3. The smallest absolute Gasteiger partial charge is 0.272 e. The molecule has 2 aromatic heterocycles. The molecule has 1 atom stereocenters. The topological polar surface area (TPSA) is 51.0 Å². The van der Waals surface area contributed by atoms with Crippen molar-refractivity contribution in [3.63, 3.8) is 0 Å². The Labute approximate surface area is 172 Å². The van der Waals surface area contributed by atoms with E-state index < -0.39 is 0 Å². The highest BCUT2D eigenvalue weighted by Gasteiger charge is 2.27. The molecule has 0 N–H and O–H groups in total. The number of pyridine rings is 1. The fourth-order valence-corrected chi connectivity index (χ4v) is 4.26. The third kappa shape index (κ3) is 4.24. The number of benzene rings is 1. The average Bonchev–Trinajstić information content (AvgIpc) is 3.15. The Balaban J connectivity index is 1.54. The van der Waals surface area contributed by atoms with E-state index in [1.165, 1.54) is 16.7 Å². The van der Waals surface area contributed by atoms with E-state index in [2.05, 4.69) is 55.3 Å². The molecule has 1 aromatic carbocycles. The Morgan fingerprint density at radius 2 is 2.00 bits per heavy atom. The van der Waals surface area contributed by atoms with Crippen LogP contribution >= 0.6 is 0 Å². The normalized spacial score (nSPS) is 16.8. The molecule has 0 bridgehead atoms. The van der Waals surface area contributed by atoms with Gasteiger partial charge in [-0.3, -0.25) is 14.5 Å². The van der Waals surface area contributed by atoms with E-state index in [0.29, 0.717) is 12.2 Å². The largest absolute Gasteiger partial charge is 0.337 e. The lowest BCUT2D eigenvalue weighted by atomic mass is 9.91. The molecule has 3 heterocycles. The molecular formula is C24H28N4O. The van der Waals surface area contributed by atoms with E-state index in [1.807, 2.05) is 11.9 Å². The van der Waals surface area contributed by atoms with Crippen molar-refractivity contribution in [2.75, 3.05) is 13.1 Å². The van der Waals surface area contributed by atoms with Crippen molar-refractivity contribution >= 4 is 5.91 Å². The molecule has 1 amide bonds. The summed E-state index contributed by atoms with van der Waals surface area (Å²) in [7, 11) is 1.81. The maximum absolute atomic E-state index is 12.9. The fourth-order valence-electron chi connectivity index (χ4n) is 4.26. The fraction of sp³-hybridized carbons (Fsp3) is 0.375. The van der Waals surface area contributed by atoms with Gasteiger partial charge in [0, 0.05) is 43.6 Å². The summed E-state index contributed by atoms with van der Waals surface area (Å²) in [4.78, 5) is 19.7. The Morgan fingerprint density at radius 1 is 1.17 bits per heavy atom. The summed E-state index contributed by atoms with van der Waals surface area (Å²) in [5, 5.41) is 4.14. The highest BCUT2D eigenvalue weighted by Crippen LogP contribution is 2.28. The van der Waals surface area contributed by atoms with E-state index in [-0.39, 0.29) is 11.8 Å². The van der Waals surface area contributed by atoms with E-state index in [4.69, 9.17) is 4.98 Å². The zero-order valence-corrected chi connectivity index (χ0v) is 17.4. The van der Waals surface area contributed by atoms with Crippen LogP contribution < -0.4 is 0 Å². The van der Waals surface area contributed by atoms with Gasteiger partial charge in [0.1, 0.15) is 5.69 Å². The van der Waals surface area contributed by atoms with Gasteiger partial charge >= 0.3 is 0 Å². The highest BCUT2D eigenvalue weighted by atomic mass is 16.2. The second kappa shape index (κ2) is 8.19. The average molecular weight is 389 g/mol. The Kier molecular flexibility index (Phi) is 5.47. The summed E-state index contributed by atoms with van der Waals surface area (Å²) in [6.45, 7) is 5.73. The molecule has 5 heteroatoms. The van der Waals surface area contributed by atoms with Crippen LogP contribution in [0.5, 0.6) is 0 Å². The van der Waals surface area contributed by atoms with Gasteiger partial charge in [0.05, 0.1) is 0 Å². The summed E-state index contributed by atoms with van der Waals surface area (Å²) in [6.07, 6.45) is 4.65. The summed E-state index contributed by atoms with van der Waals surface area (Å²) < 4.78 is 1.65. The van der Waals surface area contributed by atoms with Gasteiger partial charge in [-0.05, 0) is 68.0 Å². The molecule has 0 aliphatic carbocycles. The molecule has 150 valence electrons. The number of rotatable bonds is 4. The van der Waals surface area contributed by atoms with E-state index in [0.717, 1.165) is 37.2 Å². The van der Waals surface area contributed by atoms with Gasteiger partial charge in [-0.25, -0.2) is 0 Å². The third-order valence-electron chi connectivity index (χ3n) is 5.86. The van der Waals surface area contributed by atoms with Gasteiger partial charge in [-0.15, -0.1) is 0 Å². The van der Waals surface area contributed by atoms with Gasteiger partial charge < -0.3 is 4.90 Å². The second-order valence-corrected chi connectivity index (χ2v) is 8.08. The molecule has 1 fully saturated rings. The van der Waals surface area contributed by atoms with Crippen molar-refractivity contribution < 1.29 is 4.79 Å².